The Hall–Kier alpha value is -2.79. The van der Waals surface area contributed by atoms with Gasteiger partial charge in [-0.05, 0) is 37.5 Å². The third-order valence-electron chi connectivity index (χ3n) is 4.12. The maximum atomic E-state index is 12.8. The number of fused-ring (bicyclic) bond motifs is 1. The van der Waals surface area contributed by atoms with Crippen LogP contribution in [-0.4, -0.2) is 29.1 Å². The SMILES string of the molecule is CC(O)COn1c(=O)c(NCCCc2ccccc2)cc2ccccc21. The minimum atomic E-state index is -0.650. The van der Waals surface area contributed by atoms with Crippen LogP contribution in [0.15, 0.2) is 65.5 Å². The van der Waals surface area contributed by atoms with Crippen molar-refractivity contribution >= 4 is 16.6 Å². The number of hydrogen-bond donors (Lipinski definition) is 2. The van der Waals surface area contributed by atoms with Gasteiger partial charge in [0.05, 0.1) is 11.6 Å². The number of rotatable bonds is 8. The first-order valence-electron chi connectivity index (χ1n) is 8.89. The molecule has 0 spiro atoms. The van der Waals surface area contributed by atoms with E-state index in [2.05, 4.69) is 17.4 Å². The zero-order chi connectivity index (χ0) is 18.4. The van der Waals surface area contributed by atoms with Crippen molar-refractivity contribution in [3.05, 3.63) is 76.6 Å². The van der Waals surface area contributed by atoms with Crippen LogP contribution in [0, 0.1) is 0 Å². The van der Waals surface area contributed by atoms with E-state index < -0.39 is 6.10 Å². The van der Waals surface area contributed by atoms with Gasteiger partial charge in [-0.3, -0.25) is 4.79 Å². The molecule has 5 heteroatoms. The van der Waals surface area contributed by atoms with E-state index in [-0.39, 0.29) is 12.2 Å². The summed E-state index contributed by atoms with van der Waals surface area (Å²) in [6.07, 6.45) is 1.22. The van der Waals surface area contributed by atoms with Crippen LogP contribution >= 0.6 is 0 Å². The molecule has 0 fully saturated rings. The van der Waals surface area contributed by atoms with Crippen LogP contribution in [-0.2, 0) is 6.42 Å². The monoisotopic (exact) mass is 352 g/mol. The van der Waals surface area contributed by atoms with Gasteiger partial charge in [-0.25, -0.2) is 0 Å². The van der Waals surface area contributed by atoms with Gasteiger partial charge in [0.15, 0.2) is 0 Å². The Morgan fingerprint density at radius 2 is 1.85 bits per heavy atom. The van der Waals surface area contributed by atoms with E-state index in [1.54, 1.807) is 6.92 Å². The number of aliphatic hydroxyl groups is 1. The average Bonchev–Trinajstić information content (AvgIpc) is 2.65. The van der Waals surface area contributed by atoms with Gasteiger partial charge in [0, 0.05) is 11.9 Å². The number of nitrogens with one attached hydrogen (secondary N) is 1. The van der Waals surface area contributed by atoms with Crippen molar-refractivity contribution in [2.24, 2.45) is 0 Å². The lowest BCUT2D eigenvalue weighted by Gasteiger charge is -2.15. The first-order valence-corrected chi connectivity index (χ1v) is 8.89. The molecule has 1 unspecified atom stereocenters. The highest BCUT2D eigenvalue weighted by Crippen LogP contribution is 2.15. The van der Waals surface area contributed by atoms with E-state index in [0.717, 1.165) is 18.2 Å². The Morgan fingerprint density at radius 3 is 2.62 bits per heavy atom. The lowest BCUT2D eigenvalue weighted by molar-refractivity contribution is 0.0365. The number of para-hydroxylation sites is 1. The van der Waals surface area contributed by atoms with Gasteiger partial charge in [-0.1, -0.05) is 48.5 Å². The number of pyridine rings is 1. The molecule has 3 aromatic rings. The summed E-state index contributed by atoms with van der Waals surface area (Å²) < 4.78 is 1.27. The maximum absolute atomic E-state index is 12.8. The first kappa shape index (κ1) is 18.0. The Morgan fingerprint density at radius 1 is 1.12 bits per heavy atom. The second kappa shape index (κ2) is 8.54. The number of anilines is 1. The fourth-order valence-corrected chi connectivity index (χ4v) is 2.83. The molecule has 5 nitrogen and oxygen atoms in total. The molecule has 3 rings (SSSR count). The Balaban J connectivity index is 1.75. The molecule has 0 aliphatic heterocycles. The second-order valence-corrected chi connectivity index (χ2v) is 6.38. The van der Waals surface area contributed by atoms with Crippen LogP contribution in [0.3, 0.4) is 0 Å². The fourth-order valence-electron chi connectivity index (χ4n) is 2.83. The lowest BCUT2D eigenvalue weighted by atomic mass is 10.1. The molecule has 0 bridgehead atoms. The third-order valence-corrected chi connectivity index (χ3v) is 4.12. The zero-order valence-electron chi connectivity index (χ0n) is 14.9. The summed E-state index contributed by atoms with van der Waals surface area (Å²) in [7, 11) is 0. The van der Waals surface area contributed by atoms with E-state index in [0.29, 0.717) is 17.7 Å². The van der Waals surface area contributed by atoms with E-state index in [1.807, 2.05) is 48.5 Å². The van der Waals surface area contributed by atoms with Crippen LogP contribution in [0.1, 0.15) is 18.9 Å². The topological polar surface area (TPSA) is 63.5 Å². The van der Waals surface area contributed by atoms with Crippen molar-refractivity contribution in [2.45, 2.75) is 25.9 Å². The standard InChI is InChI=1S/C21H24N2O3/c1-16(24)15-26-23-20-12-6-5-11-18(20)14-19(21(23)25)22-13-7-10-17-8-3-2-4-9-17/h2-6,8-9,11-12,14,16,22,24H,7,10,13,15H2,1H3. The van der Waals surface area contributed by atoms with Crippen molar-refractivity contribution in [3.8, 4) is 0 Å². The quantitative estimate of drug-likeness (QED) is 0.612. The summed E-state index contributed by atoms with van der Waals surface area (Å²) in [4.78, 5) is 18.3. The van der Waals surface area contributed by atoms with E-state index >= 15 is 0 Å². The second-order valence-electron chi connectivity index (χ2n) is 6.38. The molecule has 2 N–H and O–H groups in total. The van der Waals surface area contributed by atoms with Crippen LogP contribution < -0.4 is 15.7 Å². The summed E-state index contributed by atoms with van der Waals surface area (Å²) >= 11 is 0. The fraction of sp³-hybridized carbons (Fsp3) is 0.286. The number of aliphatic hydroxyl groups excluding tert-OH is 1. The normalized spacial score (nSPS) is 12.1. The van der Waals surface area contributed by atoms with Crippen molar-refractivity contribution in [1.82, 2.24) is 4.73 Å². The first-order chi connectivity index (χ1) is 12.6. The van der Waals surface area contributed by atoms with Gasteiger partial charge < -0.3 is 15.3 Å². The summed E-state index contributed by atoms with van der Waals surface area (Å²) in [5, 5.41) is 13.6. The zero-order valence-corrected chi connectivity index (χ0v) is 14.9. The number of aryl methyl sites for hydroxylation is 1. The number of benzene rings is 2. The molecular formula is C21H24N2O3. The molecule has 1 aromatic heterocycles. The summed E-state index contributed by atoms with van der Waals surface area (Å²) in [5.41, 5.74) is 2.23. The molecule has 0 saturated heterocycles. The van der Waals surface area contributed by atoms with E-state index in [1.165, 1.54) is 10.3 Å². The van der Waals surface area contributed by atoms with Crippen LogP contribution in [0.25, 0.3) is 10.9 Å². The lowest BCUT2D eigenvalue weighted by Crippen LogP contribution is -2.32. The predicted molar refractivity (Wildman–Crippen MR) is 105 cm³/mol. The summed E-state index contributed by atoms with van der Waals surface area (Å²) in [6.45, 7) is 2.37. The van der Waals surface area contributed by atoms with Gasteiger partial charge in [0.1, 0.15) is 12.3 Å². The van der Waals surface area contributed by atoms with Gasteiger partial charge >= 0.3 is 5.56 Å². The van der Waals surface area contributed by atoms with E-state index in [9.17, 15) is 9.90 Å². The highest BCUT2D eigenvalue weighted by molar-refractivity contribution is 5.81. The Labute approximate surface area is 152 Å². The van der Waals surface area contributed by atoms with Gasteiger partial charge in [-0.15, -0.1) is 4.73 Å². The minimum absolute atomic E-state index is 0.0569. The summed E-state index contributed by atoms with van der Waals surface area (Å²) in [6, 6.07) is 19.7. The molecule has 0 aliphatic rings. The van der Waals surface area contributed by atoms with Crippen molar-refractivity contribution < 1.29 is 9.94 Å². The number of nitrogens with zero attached hydrogens (tertiary/aromatic N) is 1. The van der Waals surface area contributed by atoms with Gasteiger partial charge in [0.25, 0.3) is 0 Å². The van der Waals surface area contributed by atoms with Crippen LogP contribution in [0.4, 0.5) is 5.69 Å². The molecule has 0 amide bonds. The molecule has 2 aromatic carbocycles. The van der Waals surface area contributed by atoms with Crippen LogP contribution in [0.2, 0.25) is 0 Å². The summed E-state index contributed by atoms with van der Waals surface area (Å²) in [5.74, 6) is 0. The molecule has 26 heavy (non-hydrogen) atoms. The molecule has 1 atom stereocenters. The maximum Gasteiger partial charge on any atom is 0.306 e. The highest BCUT2D eigenvalue weighted by atomic mass is 16.7. The van der Waals surface area contributed by atoms with Crippen LogP contribution in [0.5, 0.6) is 0 Å². The number of hydrogen-bond acceptors (Lipinski definition) is 4. The smallest absolute Gasteiger partial charge is 0.306 e. The van der Waals surface area contributed by atoms with Crippen molar-refractivity contribution in [3.63, 3.8) is 0 Å². The largest absolute Gasteiger partial charge is 0.407 e. The third kappa shape index (κ3) is 4.43. The molecule has 136 valence electrons. The molecule has 1 heterocycles. The van der Waals surface area contributed by atoms with Crippen molar-refractivity contribution in [1.29, 1.82) is 0 Å². The van der Waals surface area contributed by atoms with Gasteiger partial charge in [0.2, 0.25) is 0 Å². The predicted octanol–water partition coefficient (Wildman–Crippen LogP) is 2.86. The van der Waals surface area contributed by atoms with E-state index in [4.69, 9.17) is 4.84 Å². The Kier molecular flexibility index (Phi) is 5.92. The van der Waals surface area contributed by atoms with Gasteiger partial charge in [-0.2, -0.15) is 0 Å². The number of aromatic nitrogens is 1. The molecule has 0 radical (unpaired) electrons. The molecule has 0 aliphatic carbocycles. The molecule has 0 saturated carbocycles. The Bertz CT molecular complexity index is 904. The highest BCUT2D eigenvalue weighted by Gasteiger charge is 2.10. The minimum Gasteiger partial charge on any atom is -0.407 e. The average molecular weight is 352 g/mol. The van der Waals surface area contributed by atoms with Crippen molar-refractivity contribution in [2.75, 3.05) is 18.5 Å². The molecular weight excluding hydrogens is 328 g/mol.